The van der Waals surface area contributed by atoms with Crippen molar-refractivity contribution < 1.29 is 17.6 Å². The minimum atomic E-state index is -4.39. The second-order valence-corrected chi connectivity index (χ2v) is 3.12. The van der Waals surface area contributed by atoms with Gasteiger partial charge < -0.3 is 0 Å². The molecule has 0 spiro atoms. The van der Waals surface area contributed by atoms with Gasteiger partial charge in [-0.1, -0.05) is 12.1 Å². The van der Waals surface area contributed by atoms with Crippen molar-refractivity contribution in [2.24, 2.45) is 0 Å². The molecule has 0 bridgehead atoms. The maximum Gasteiger partial charge on any atom is 0.393 e. The molecule has 0 aromatic heterocycles. The third-order valence-corrected chi connectivity index (χ3v) is 1.97. The molecule has 0 atom stereocenters. The first-order valence-electron chi connectivity index (χ1n) is 3.82. The van der Waals surface area contributed by atoms with Crippen molar-refractivity contribution >= 4 is 11.6 Å². The fourth-order valence-corrected chi connectivity index (χ4v) is 1.20. The Hall–Kier alpha value is -0.770. The van der Waals surface area contributed by atoms with E-state index < -0.39 is 18.4 Å². The van der Waals surface area contributed by atoms with Crippen molar-refractivity contribution in [2.75, 3.05) is 0 Å². The molecule has 5 heteroatoms. The van der Waals surface area contributed by atoms with Gasteiger partial charge in [-0.3, -0.25) is 0 Å². The van der Waals surface area contributed by atoms with Crippen molar-refractivity contribution in [1.82, 2.24) is 0 Å². The minimum Gasteiger partial charge on any atom is -0.207 e. The highest BCUT2D eigenvalue weighted by molar-refractivity contribution is 6.17. The van der Waals surface area contributed by atoms with Gasteiger partial charge in [-0.05, 0) is 17.2 Å². The summed E-state index contributed by atoms with van der Waals surface area (Å²) in [7, 11) is 0. The second-order valence-electron chi connectivity index (χ2n) is 2.85. The standard InChI is InChI=1S/C9H7ClF4/c10-5-6-1-2-7(8(11)3-6)4-9(12,13)14/h1-3H,4-5H2. The van der Waals surface area contributed by atoms with Crippen molar-refractivity contribution in [2.45, 2.75) is 18.5 Å². The Kier molecular flexibility index (Phi) is 3.37. The number of rotatable bonds is 2. The third-order valence-electron chi connectivity index (χ3n) is 1.66. The van der Waals surface area contributed by atoms with Gasteiger partial charge in [0, 0.05) is 5.88 Å². The van der Waals surface area contributed by atoms with E-state index in [9.17, 15) is 17.6 Å². The number of alkyl halides is 4. The molecule has 0 heterocycles. The third kappa shape index (κ3) is 3.18. The van der Waals surface area contributed by atoms with E-state index in [1.807, 2.05) is 0 Å². The fourth-order valence-electron chi connectivity index (χ4n) is 1.03. The van der Waals surface area contributed by atoms with Gasteiger partial charge in [0.2, 0.25) is 0 Å². The molecular weight excluding hydrogens is 220 g/mol. The van der Waals surface area contributed by atoms with E-state index in [-0.39, 0.29) is 11.4 Å². The summed E-state index contributed by atoms with van der Waals surface area (Å²) in [5, 5.41) is 0. The Labute approximate surface area is 83.5 Å². The van der Waals surface area contributed by atoms with Gasteiger partial charge in [0.05, 0.1) is 6.42 Å². The van der Waals surface area contributed by atoms with E-state index in [0.717, 1.165) is 12.1 Å². The number of halogens is 5. The van der Waals surface area contributed by atoms with E-state index in [2.05, 4.69) is 0 Å². The van der Waals surface area contributed by atoms with Crippen LogP contribution in [0.4, 0.5) is 17.6 Å². The highest BCUT2D eigenvalue weighted by atomic mass is 35.5. The van der Waals surface area contributed by atoms with Gasteiger partial charge in [0.25, 0.3) is 0 Å². The molecule has 1 aromatic rings. The fraction of sp³-hybridized carbons (Fsp3) is 0.333. The zero-order chi connectivity index (χ0) is 10.8. The van der Waals surface area contributed by atoms with Gasteiger partial charge in [-0.15, -0.1) is 11.6 Å². The van der Waals surface area contributed by atoms with Crippen LogP contribution in [0.3, 0.4) is 0 Å². The maximum atomic E-state index is 13.0. The molecule has 0 unspecified atom stereocenters. The smallest absolute Gasteiger partial charge is 0.207 e. The molecule has 1 aromatic carbocycles. The van der Waals surface area contributed by atoms with Gasteiger partial charge in [-0.2, -0.15) is 13.2 Å². The highest BCUT2D eigenvalue weighted by Crippen LogP contribution is 2.23. The molecule has 0 N–H and O–H groups in total. The molecule has 1 rings (SSSR count). The van der Waals surface area contributed by atoms with E-state index in [1.165, 1.54) is 6.07 Å². The average Bonchev–Trinajstić information content (AvgIpc) is 2.06. The number of benzene rings is 1. The predicted molar refractivity (Wildman–Crippen MR) is 45.7 cm³/mol. The normalized spacial score (nSPS) is 11.8. The van der Waals surface area contributed by atoms with Crippen LogP contribution in [0.1, 0.15) is 11.1 Å². The zero-order valence-electron chi connectivity index (χ0n) is 7.04. The van der Waals surface area contributed by atoms with Crippen molar-refractivity contribution in [3.63, 3.8) is 0 Å². The van der Waals surface area contributed by atoms with E-state index in [1.54, 1.807) is 0 Å². The van der Waals surface area contributed by atoms with Crippen LogP contribution in [0, 0.1) is 5.82 Å². The topological polar surface area (TPSA) is 0 Å². The molecule has 78 valence electrons. The van der Waals surface area contributed by atoms with Crippen LogP contribution < -0.4 is 0 Å². The summed E-state index contributed by atoms with van der Waals surface area (Å²) in [6, 6.07) is 3.52. The Balaban J connectivity index is 2.89. The lowest BCUT2D eigenvalue weighted by Crippen LogP contribution is -2.12. The van der Waals surface area contributed by atoms with E-state index >= 15 is 0 Å². The predicted octanol–water partition coefficient (Wildman–Crippen LogP) is 3.67. The number of hydrogen-bond donors (Lipinski definition) is 0. The molecule has 14 heavy (non-hydrogen) atoms. The second kappa shape index (κ2) is 4.17. The Bertz CT molecular complexity index is 319. The molecule has 0 saturated heterocycles. The molecule has 0 radical (unpaired) electrons. The molecule has 0 nitrogen and oxygen atoms in total. The van der Waals surface area contributed by atoms with Crippen LogP contribution in [0.5, 0.6) is 0 Å². The Morgan fingerprint density at radius 2 is 1.86 bits per heavy atom. The van der Waals surface area contributed by atoms with Crippen LogP contribution in [0.25, 0.3) is 0 Å². The van der Waals surface area contributed by atoms with Crippen LogP contribution in [-0.2, 0) is 12.3 Å². The van der Waals surface area contributed by atoms with Gasteiger partial charge >= 0.3 is 6.18 Å². The molecule has 0 aliphatic heterocycles. The zero-order valence-corrected chi connectivity index (χ0v) is 7.79. The Morgan fingerprint density at radius 1 is 1.21 bits per heavy atom. The molecule has 0 amide bonds. The molecule has 0 fully saturated rings. The Morgan fingerprint density at radius 3 is 2.29 bits per heavy atom. The summed E-state index contributed by atoms with van der Waals surface area (Å²) >= 11 is 5.40. The summed E-state index contributed by atoms with van der Waals surface area (Å²) in [6.45, 7) is 0. The summed E-state index contributed by atoms with van der Waals surface area (Å²) in [6.07, 6.45) is -5.63. The quantitative estimate of drug-likeness (QED) is 0.533. The lowest BCUT2D eigenvalue weighted by molar-refractivity contribution is -0.127. The van der Waals surface area contributed by atoms with E-state index in [0.29, 0.717) is 5.56 Å². The molecule has 0 aliphatic carbocycles. The summed E-state index contributed by atoms with van der Waals surface area (Å²) in [4.78, 5) is 0. The minimum absolute atomic E-state index is 0.0865. The van der Waals surface area contributed by atoms with Crippen LogP contribution in [0.2, 0.25) is 0 Å². The average molecular weight is 227 g/mol. The SMILES string of the molecule is Fc1cc(CCl)ccc1CC(F)(F)F. The highest BCUT2D eigenvalue weighted by Gasteiger charge is 2.28. The molecular formula is C9H7ClF4. The van der Waals surface area contributed by atoms with Crippen molar-refractivity contribution in [3.8, 4) is 0 Å². The largest absolute Gasteiger partial charge is 0.393 e. The number of hydrogen-bond acceptors (Lipinski definition) is 0. The van der Waals surface area contributed by atoms with Gasteiger partial charge in [0.15, 0.2) is 0 Å². The molecule has 0 aliphatic rings. The lowest BCUT2D eigenvalue weighted by atomic mass is 10.1. The van der Waals surface area contributed by atoms with Crippen LogP contribution >= 0.6 is 11.6 Å². The lowest BCUT2D eigenvalue weighted by Gasteiger charge is -2.07. The summed E-state index contributed by atoms with van der Waals surface area (Å²) < 4.78 is 48.7. The van der Waals surface area contributed by atoms with Crippen LogP contribution in [0.15, 0.2) is 18.2 Å². The molecule has 0 saturated carbocycles. The monoisotopic (exact) mass is 226 g/mol. The first-order valence-corrected chi connectivity index (χ1v) is 4.36. The first kappa shape index (κ1) is 11.3. The van der Waals surface area contributed by atoms with Gasteiger partial charge in [0.1, 0.15) is 5.82 Å². The van der Waals surface area contributed by atoms with E-state index in [4.69, 9.17) is 11.6 Å². The van der Waals surface area contributed by atoms with Gasteiger partial charge in [-0.25, -0.2) is 4.39 Å². The summed E-state index contributed by atoms with van der Waals surface area (Å²) in [5.41, 5.74) is 0.112. The first-order chi connectivity index (χ1) is 6.42. The maximum absolute atomic E-state index is 13.0. The van der Waals surface area contributed by atoms with Crippen LogP contribution in [-0.4, -0.2) is 6.18 Å². The van der Waals surface area contributed by atoms with Crippen molar-refractivity contribution in [1.29, 1.82) is 0 Å². The summed E-state index contributed by atoms with van der Waals surface area (Å²) in [5.74, 6) is -0.774. The van der Waals surface area contributed by atoms with Crippen molar-refractivity contribution in [3.05, 3.63) is 35.1 Å².